The van der Waals surface area contributed by atoms with Crippen molar-refractivity contribution in [1.29, 1.82) is 0 Å². The van der Waals surface area contributed by atoms with E-state index in [-0.39, 0.29) is 5.91 Å². The highest BCUT2D eigenvalue weighted by Crippen LogP contribution is 2.32. The number of carbonyl (C=O) groups is 1. The van der Waals surface area contributed by atoms with Gasteiger partial charge in [-0.2, -0.15) is 5.10 Å². The summed E-state index contributed by atoms with van der Waals surface area (Å²) in [6.45, 7) is 1.64. The molecule has 4 aromatic rings. The third-order valence-corrected chi connectivity index (χ3v) is 5.42. The van der Waals surface area contributed by atoms with Crippen LogP contribution in [0, 0.1) is 0 Å². The topological polar surface area (TPSA) is 102 Å². The van der Waals surface area contributed by atoms with Crippen LogP contribution in [0.5, 0.6) is 11.5 Å². The van der Waals surface area contributed by atoms with Crippen LogP contribution in [-0.2, 0) is 11.3 Å². The Hall–Kier alpha value is -4.24. The van der Waals surface area contributed by atoms with Gasteiger partial charge in [-0.05, 0) is 50.5 Å². The molecule has 0 fully saturated rings. The van der Waals surface area contributed by atoms with Crippen molar-refractivity contribution in [2.75, 3.05) is 40.0 Å². The van der Waals surface area contributed by atoms with E-state index in [0.29, 0.717) is 42.2 Å². The number of benzene rings is 2. The van der Waals surface area contributed by atoms with Crippen molar-refractivity contribution in [3.8, 4) is 22.8 Å². The quantitative estimate of drug-likeness (QED) is 0.373. The van der Waals surface area contributed by atoms with Crippen molar-refractivity contribution in [1.82, 2.24) is 29.5 Å². The van der Waals surface area contributed by atoms with Gasteiger partial charge in [-0.3, -0.25) is 4.79 Å². The summed E-state index contributed by atoms with van der Waals surface area (Å²) in [4.78, 5) is 24.6. The number of anilines is 1. The standard InChI is InChI=1S/C26H29N7O2/c1-31(2)15-7-10-22(34)32(3)16-17-33-26-23(25(27)28-18-29-26)24(30-33)19-11-13-21(14-12-19)35-20-8-5-4-6-9-20/h4-14,18H,15-17H2,1-3H3,(H2,27,28,29)/b10-7+. The number of hydrogen-bond acceptors (Lipinski definition) is 7. The summed E-state index contributed by atoms with van der Waals surface area (Å²) in [5, 5.41) is 5.47. The molecule has 2 N–H and O–H groups in total. The van der Waals surface area contributed by atoms with Crippen LogP contribution in [0.15, 0.2) is 73.1 Å². The second-order valence-electron chi connectivity index (χ2n) is 8.39. The molecule has 0 aliphatic carbocycles. The van der Waals surface area contributed by atoms with Gasteiger partial charge in [-0.25, -0.2) is 14.6 Å². The molecular formula is C26H29N7O2. The summed E-state index contributed by atoms with van der Waals surface area (Å²) in [5.41, 5.74) is 8.39. The minimum Gasteiger partial charge on any atom is -0.457 e. The van der Waals surface area contributed by atoms with Gasteiger partial charge in [0.05, 0.1) is 11.9 Å². The Bertz CT molecular complexity index is 1320. The third-order valence-electron chi connectivity index (χ3n) is 5.42. The maximum atomic E-state index is 12.4. The van der Waals surface area contributed by atoms with Crippen molar-refractivity contribution < 1.29 is 9.53 Å². The highest BCUT2D eigenvalue weighted by molar-refractivity contribution is 5.98. The molecule has 35 heavy (non-hydrogen) atoms. The maximum absolute atomic E-state index is 12.4. The van der Waals surface area contributed by atoms with E-state index in [0.717, 1.165) is 17.1 Å². The summed E-state index contributed by atoms with van der Waals surface area (Å²) < 4.78 is 7.66. The second kappa shape index (κ2) is 10.8. The Balaban J connectivity index is 1.54. The largest absolute Gasteiger partial charge is 0.457 e. The van der Waals surface area contributed by atoms with Crippen LogP contribution >= 0.6 is 0 Å². The molecule has 0 bridgehead atoms. The van der Waals surface area contributed by atoms with Crippen molar-refractivity contribution in [3.05, 3.63) is 73.1 Å². The smallest absolute Gasteiger partial charge is 0.246 e. The molecule has 4 rings (SSSR count). The van der Waals surface area contributed by atoms with E-state index in [4.69, 9.17) is 15.6 Å². The lowest BCUT2D eigenvalue weighted by atomic mass is 10.1. The first-order valence-electron chi connectivity index (χ1n) is 11.3. The Morgan fingerprint density at radius 1 is 1.03 bits per heavy atom. The first-order valence-corrected chi connectivity index (χ1v) is 11.3. The molecule has 1 amide bonds. The average molecular weight is 472 g/mol. The molecule has 0 radical (unpaired) electrons. The predicted octanol–water partition coefficient (Wildman–Crippen LogP) is 3.44. The number of hydrogen-bond donors (Lipinski definition) is 1. The van der Waals surface area contributed by atoms with E-state index in [1.807, 2.05) is 79.7 Å². The molecule has 0 aliphatic rings. The Morgan fingerprint density at radius 2 is 1.74 bits per heavy atom. The molecule has 0 atom stereocenters. The highest BCUT2D eigenvalue weighted by Gasteiger charge is 2.18. The minimum atomic E-state index is -0.0633. The van der Waals surface area contributed by atoms with Crippen LogP contribution in [0.25, 0.3) is 22.3 Å². The SMILES string of the molecule is CN(C)C/C=C/C(=O)N(C)CCn1nc(-c2ccc(Oc3ccccc3)cc2)c2c(N)ncnc21. The van der Waals surface area contributed by atoms with E-state index in [9.17, 15) is 4.79 Å². The minimum absolute atomic E-state index is 0.0633. The molecule has 0 saturated heterocycles. The van der Waals surface area contributed by atoms with Gasteiger partial charge in [-0.1, -0.05) is 24.3 Å². The zero-order valence-electron chi connectivity index (χ0n) is 20.1. The van der Waals surface area contributed by atoms with E-state index >= 15 is 0 Å². The van der Waals surface area contributed by atoms with Gasteiger partial charge in [0.25, 0.3) is 0 Å². The van der Waals surface area contributed by atoms with Gasteiger partial charge in [0.15, 0.2) is 5.65 Å². The molecule has 9 heteroatoms. The van der Waals surface area contributed by atoms with Gasteiger partial charge in [0.2, 0.25) is 5.91 Å². The van der Waals surface area contributed by atoms with Crippen molar-refractivity contribution in [2.45, 2.75) is 6.54 Å². The van der Waals surface area contributed by atoms with Crippen LogP contribution in [0.4, 0.5) is 5.82 Å². The molecular weight excluding hydrogens is 442 g/mol. The van der Waals surface area contributed by atoms with Crippen LogP contribution in [-0.4, -0.2) is 69.7 Å². The number of likely N-dealkylation sites (N-methyl/N-ethyl adjacent to an activating group) is 2. The fraction of sp³-hybridized carbons (Fsp3) is 0.231. The normalized spacial score (nSPS) is 11.4. The number of nitrogen functional groups attached to an aromatic ring is 1. The molecule has 9 nitrogen and oxygen atoms in total. The predicted molar refractivity (Wildman–Crippen MR) is 137 cm³/mol. The molecule has 2 aromatic heterocycles. The molecule has 0 unspecified atom stereocenters. The molecule has 0 spiro atoms. The molecule has 2 heterocycles. The van der Waals surface area contributed by atoms with Crippen LogP contribution < -0.4 is 10.5 Å². The van der Waals surface area contributed by atoms with Gasteiger partial charge in [0, 0.05) is 31.8 Å². The number of fused-ring (bicyclic) bond motifs is 1. The van der Waals surface area contributed by atoms with E-state index in [1.165, 1.54) is 6.33 Å². The average Bonchev–Trinajstić information content (AvgIpc) is 3.23. The number of amides is 1. The number of aromatic nitrogens is 4. The Kier molecular flexibility index (Phi) is 7.37. The van der Waals surface area contributed by atoms with Gasteiger partial charge >= 0.3 is 0 Å². The van der Waals surface area contributed by atoms with Gasteiger partial charge in [-0.15, -0.1) is 0 Å². The van der Waals surface area contributed by atoms with E-state index in [1.54, 1.807) is 22.7 Å². The lowest BCUT2D eigenvalue weighted by Gasteiger charge is -2.15. The lowest BCUT2D eigenvalue weighted by molar-refractivity contribution is -0.124. The molecule has 0 saturated carbocycles. The summed E-state index contributed by atoms with van der Waals surface area (Å²) in [5.74, 6) is 1.78. The van der Waals surface area contributed by atoms with E-state index in [2.05, 4.69) is 9.97 Å². The highest BCUT2D eigenvalue weighted by atomic mass is 16.5. The van der Waals surface area contributed by atoms with Crippen LogP contribution in [0.2, 0.25) is 0 Å². The number of nitrogens with zero attached hydrogens (tertiary/aromatic N) is 6. The van der Waals surface area contributed by atoms with E-state index < -0.39 is 0 Å². The monoisotopic (exact) mass is 471 g/mol. The number of para-hydroxylation sites is 1. The zero-order valence-corrected chi connectivity index (χ0v) is 20.1. The summed E-state index contributed by atoms with van der Waals surface area (Å²) in [7, 11) is 5.68. The molecule has 180 valence electrons. The van der Waals surface area contributed by atoms with Crippen LogP contribution in [0.1, 0.15) is 0 Å². The Labute approximate surface area is 204 Å². The number of nitrogens with two attached hydrogens (primary N) is 1. The van der Waals surface area contributed by atoms with Gasteiger partial charge < -0.3 is 20.3 Å². The van der Waals surface area contributed by atoms with Gasteiger partial charge in [0.1, 0.15) is 29.3 Å². The first-order chi connectivity index (χ1) is 16.9. The maximum Gasteiger partial charge on any atom is 0.246 e. The summed E-state index contributed by atoms with van der Waals surface area (Å²) in [6.07, 6.45) is 4.86. The zero-order chi connectivity index (χ0) is 24.8. The van der Waals surface area contributed by atoms with Crippen molar-refractivity contribution in [3.63, 3.8) is 0 Å². The third kappa shape index (κ3) is 5.82. The fourth-order valence-electron chi connectivity index (χ4n) is 3.54. The Morgan fingerprint density at radius 3 is 2.46 bits per heavy atom. The summed E-state index contributed by atoms with van der Waals surface area (Å²) in [6, 6.07) is 17.2. The first kappa shape index (κ1) is 23.9. The molecule has 0 aliphatic heterocycles. The fourth-order valence-corrected chi connectivity index (χ4v) is 3.54. The summed E-state index contributed by atoms with van der Waals surface area (Å²) >= 11 is 0. The van der Waals surface area contributed by atoms with Crippen molar-refractivity contribution >= 4 is 22.8 Å². The molecule has 2 aromatic carbocycles. The van der Waals surface area contributed by atoms with Crippen LogP contribution in [0.3, 0.4) is 0 Å². The number of rotatable bonds is 9. The number of ether oxygens (including phenoxy) is 1. The lowest BCUT2D eigenvalue weighted by Crippen LogP contribution is -2.29. The van der Waals surface area contributed by atoms with Crippen molar-refractivity contribution in [2.24, 2.45) is 0 Å². The number of carbonyl (C=O) groups excluding carboxylic acids is 1. The second-order valence-corrected chi connectivity index (χ2v) is 8.39.